The zero-order chi connectivity index (χ0) is 18.5. The van der Waals surface area contributed by atoms with E-state index in [1.54, 1.807) is 17.4 Å². The van der Waals surface area contributed by atoms with Gasteiger partial charge in [0.1, 0.15) is 0 Å². The lowest BCUT2D eigenvalue weighted by Gasteiger charge is -2.09. The van der Waals surface area contributed by atoms with E-state index in [0.29, 0.717) is 0 Å². The van der Waals surface area contributed by atoms with Crippen LogP contribution in [0, 0.1) is 0 Å². The molecular weight excluding hydrogens is 348 g/mol. The Morgan fingerprint density at radius 3 is 1.81 bits per heavy atom. The van der Waals surface area contributed by atoms with Gasteiger partial charge in [-0.1, -0.05) is 97.1 Å². The Balaban J connectivity index is 1.87. The fraction of sp³-hybridized carbons (Fsp3) is 0. The highest BCUT2D eigenvalue weighted by atomic mass is 32.1. The average Bonchev–Trinajstić information content (AvgIpc) is 2.74. The number of benzene rings is 3. The van der Waals surface area contributed by atoms with Crippen molar-refractivity contribution in [1.29, 1.82) is 0 Å². The highest BCUT2D eigenvalue weighted by Gasteiger charge is 2.11. The fourth-order valence-corrected chi connectivity index (χ4v) is 4.13. The molecule has 0 saturated carbocycles. The molecule has 0 spiro atoms. The van der Waals surface area contributed by atoms with Crippen LogP contribution >= 0.6 is 11.3 Å². The van der Waals surface area contributed by atoms with Gasteiger partial charge in [0.2, 0.25) is 0 Å². The molecule has 0 fully saturated rings. The first kappa shape index (κ1) is 17.2. The van der Waals surface area contributed by atoms with Crippen molar-refractivity contribution in [3.63, 3.8) is 0 Å². The van der Waals surface area contributed by atoms with Gasteiger partial charge in [0.25, 0.3) is 0 Å². The van der Waals surface area contributed by atoms with Crippen LogP contribution in [0.2, 0.25) is 0 Å². The molecule has 1 aromatic heterocycles. The first-order chi connectivity index (χ1) is 13.3. The standard InChI is InChI=1S/C25H18OS/c26-23-18-24(20-12-6-2-7-13-20)27-25(21-14-8-3-9-15-21)22(23)17-16-19-10-4-1-5-11-19/h1-18H/b17-16+. The summed E-state index contributed by atoms with van der Waals surface area (Å²) < 4.78 is 0. The summed E-state index contributed by atoms with van der Waals surface area (Å²) in [6.45, 7) is 0. The predicted octanol–water partition coefficient (Wildman–Crippen LogP) is 6.61. The SMILES string of the molecule is O=c1cc(-c2ccccc2)sc(-c2ccccc2)c1/C=C/c1ccccc1. The van der Waals surface area contributed by atoms with Crippen molar-refractivity contribution < 1.29 is 0 Å². The fourth-order valence-electron chi connectivity index (χ4n) is 2.95. The van der Waals surface area contributed by atoms with E-state index in [-0.39, 0.29) is 5.43 Å². The molecule has 0 unspecified atom stereocenters. The predicted molar refractivity (Wildman–Crippen MR) is 117 cm³/mol. The quantitative estimate of drug-likeness (QED) is 0.397. The van der Waals surface area contributed by atoms with E-state index in [2.05, 4.69) is 12.1 Å². The van der Waals surface area contributed by atoms with Crippen LogP contribution in [0.5, 0.6) is 0 Å². The minimum Gasteiger partial charge on any atom is -0.289 e. The van der Waals surface area contributed by atoms with E-state index < -0.39 is 0 Å². The monoisotopic (exact) mass is 366 g/mol. The second kappa shape index (κ2) is 7.98. The normalized spacial score (nSPS) is 11.0. The van der Waals surface area contributed by atoms with Crippen molar-refractivity contribution in [3.8, 4) is 20.9 Å². The lowest BCUT2D eigenvalue weighted by Crippen LogP contribution is -2.04. The molecule has 0 radical (unpaired) electrons. The molecule has 0 aliphatic rings. The van der Waals surface area contributed by atoms with E-state index in [4.69, 9.17) is 0 Å². The smallest absolute Gasteiger partial charge is 0.188 e. The summed E-state index contributed by atoms with van der Waals surface area (Å²) in [4.78, 5) is 15.0. The maximum Gasteiger partial charge on any atom is 0.188 e. The maximum atomic E-state index is 13.0. The van der Waals surface area contributed by atoms with Gasteiger partial charge in [-0.15, -0.1) is 11.3 Å². The second-order valence-electron chi connectivity index (χ2n) is 6.19. The molecule has 0 saturated heterocycles. The maximum absolute atomic E-state index is 13.0. The van der Waals surface area contributed by atoms with Crippen LogP contribution in [0.3, 0.4) is 0 Å². The summed E-state index contributed by atoms with van der Waals surface area (Å²) in [6.07, 6.45) is 3.93. The lowest BCUT2D eigenvalue weighted by atomic mass is 10.1. The van der Waals surface area contributed by atoms with Gasteiger partial charge in [0.05, 0.1) is 0 Å². The molecule has 0 atom stereocenters. The molecule has 1 heterocycles. The van der Waals surface area contributed by atoms with E-state index in [1.807, 2.05) is 91.0 Å². The summed E-state index contributed by atoms with van der Waals surface area (Å²) >= 11 is 1.65. The highest BCUT2D eigenvalue weighted by Crippen LogP contribution is 2.34. The van der Waals surface area contributed by atoms with Gasteiger partial charge in [0.15, 0.2) is 5.43 Å². The summed E-state index contributed by atoms with van der Waals surface area (Å²) in [6, 6.07) is 32.0. The molecule has 0 amide bonds. The van der Waals surface area contributed by atoms with Crippen LogP contribution in [0.1, 0.15) is 11.1 Å². The van der Waals surface area contributed by atoms with Crippen LogP contribution in [-0.4, -0.2) is 0 Å². The second-order valence-corrected chi connectivity index (χ2v) is 7.25. The Kier molecular flexibility index (Phi) is 5.08. The van der Waals surface area contributed by atoms with E-state index in [0.717, 1.165) is 32.0 Å². The van der Waals surface area contributed by atoms with Crippen LogP contribution in [0.4, 0.5) is 0 Å². The molecule has 0 bridgehead atoms. The minimum absolute atomic E-state index is 0.0404. The summed E-state index contributed by atoms with van der Waals surface area (Å²) in [7, 11) is 0. The average molecular weight is 366 g/mol. The Morgan fingerprint density at radius 1 is 0.630 bits per heavy atom. The van der Waals surface area contributed by atoms with Crippen molar-refractivity contribution in [1.82, 2.24) is 0 Å². The first-order valence-electron chi connectivity index (χ1n) is 8.83. The summed E-state index contributed by atoms with van der Waals surface area (Å²) in [5, 5.41) is 0. The third-order valence-corrected chi connectivity index (χ3v) is 5.55. The van der Waals surface area contributed by atoms with Crippen molar-refractivity contribution in [2.75, 3.05) is 0 Å². The van der Waals surface area contributed by atoms with Crippen molar-refractivity contribution in [3.05, 3.63) is 118 Å². The molecule has 4 aromatic rings. The Hall–Kier alpha value is -3.23. The Bertz CT molecular complexity index is 1110. The third kappa shape index (κ3) is 3.97. The van der Waals surface area contributed by atoms with E-state index in [9.17, 15) is 4.79 Å². The molecule has 130 valence electrons. The minimum atomic E-state index is 0.0404. The van der Waals surface area contributed by atoms with Gasteiger partial charge in [-0.2, -0.15) is 0 Å². The Morgan fingerprint density at radius 2 is 1.19 bits per heavy atom. The molecule has 27 heavy (non-hydrogen) atoms. The van der Waals surface area contributed by atoms with Gasteiger partial charge in [-0.05, 0) is 22.8 Å². The molecule has 0 aliphatic carbocycles. The molecule has 0 aliphatic heterocycles. The molecule has 0 N–H and O–H groups in total. The van der Waals surface area contributed by atoms with Gasteiger partial charge >= 0.3 is 0 Å². The number of rotatable bonds is 4. The molecule has 1 nitrogen and oxygen atoms in total. The molecule has 4 rings (SSSR count). The van der Waals surface area contributed by atoms with Gasteiger partial charge < -0.3 is 0 Å². The summed E-state index contributed by atoms with van der Waals surface area (Å²) in [5.74, 6) is 0. The lowest BCUT2D eigenvalue weighted by molar-refractivity contribution is 1.57. The van der Waals surface area contributed by atoms with Crippen LogP contribution in [-0.2, 0) is 0 Å². The van der Waals surface area contributed by atoms with Crippen molar-refractivity contribution in [2.24, 2.45) is 0 Å². The first-order valence-corrected chi connectivity index (χ1v) is 9.65. The molecule has 3 aromatic carbocycles. The summed E-state index contributed by atoms with van der Waals surface area (Å²) in [5.41, 5.74) is 3.97. The zero-order valence-corrected chi connectivity index (χ0v) is 15.5. The van der Waals surface area contributed by atoms with Crippen molar-refractivity contribution in [2.45, 2.75) is 0 Å². The Labute approximate surface area is 162 Å². The number of hydrogen-bond acceptors (Lipinski definition) is 2. The van der Waals surface area contributed by atoms with Crippen molar-refractivity contribution >= 4 is 23.5 Å². The van der Waals surface area contributed by atoms with E-state index >= 15 is 0 Å². The van der Waals surface area contributed by atoms with Crippen LogP contribution in [0.15, 0.2) is 102 Å². The highest BCUT2D eigenvalue weighted by molar-refractivity contribution is 7.18. The van der Waals surface area contributed by atoms with Gasteiger partial charge in [0, 0.05) is 21.4 Å². The molecular formula is C25H18OS. The third-order valence-electron chi connectivity index (χ3n) is 4.32. The van der Waals surface area contributed by atoms with E-state index in [1.165, 1.54) is 0 Å². The molecule has 2 heteroatoms. The van der Waals surface area contributed by atoms with Crippen LogP contribution < -0.4 is 5.43 Å². The number of hydrogen-bond donors (Lipinski definition) is 0. The van der Waals surface area contributed by atoms with Gasteiger partial charge in [-0.25, -0.2) is 0 Å². The van der Waals surface area contributed by atoms with Crippen LogP contribution in [0.25, 0.3) is 33.0 Å². The zero-order valence-electron chi connectivity index (χ0n) is 14.7. The van der Waals surface area contributed by atoms with Gasteiger partial charge in [-0.3, -0.25) is 4.79 Å². The largest absolute Gasteiger partial charge is 0.289 e. The topological polar surface area (TPSA) is 17.1 Å².